The van der Waals surface area contributed by atoms with Gasteiger partial charge >= 0.3 is 0 Å². The van der Waals surface area contributed by atoms with Crippen LogP contribution < -0.4 is 0 Å². The first-order valence-corrected chi connectivity index (χ1v) is 2.76. The third-order valence-electron chi connectivity index (χ3n) is 1.20. The van der Waals surface area contributed by atoms with Gasteiger partial charge in [0.2, 0.25) is 0 Å². The van der Waals surface area contributed by atoms with Gasteiger partial charge in [0.25, 0.3) is 0 Å². The van der Waals surface area contributed by atoms with E-state index in [1.807, 2.05) is 19.1 Å². The van der Waals surface area contributed by atoms with Crippen LogP contribution in [0.5, 0.6) is 0 Å². The summed E-state index contributed by atoms with van der Waals surface area (Å²) in [6, 6.07) is 3.70. The molecule has 0 aromatic carbocycles. The van der Waals surface area contributed by atoms with Crippen LogP contribution in [0.4, 0.5) is 0 Å². The highest BCUT2D eigenvalue weighted by atomic mass is 16.0. The molecular formula is C7H10N2O. The lowest BCUT2D eigenvalue weighted by molar-refractivity contribution is 0.824. The van der Waals surface area contributed by atoms with Gasteiger partial charge in [-0.15, -0.1) is 0 Å². The minimum Gasteiger partial charge on any atom is -0.412 e. The Morgan fingerprint density at radius 3 is 2.70 bits per heavy atom. The molecule has 0 aliphatic heterocycles. The molecule has 0 amide bonds. The maximum Gasteiger partial charge on any atom is 0.0460 e. The van der Waals surface area contributed by atoms with Crippen molar-refractivity contribution in [2.45, 2.75) is 6.92 Å². The molecule has 1 aromatic rings. The van der Waals surface area contributed by atoms with E-state index in [2.05, 4.69) is 4.98 Å². The molecule has 1 aromatic heterocycles. The summed E-state index contributed by atoms with van der Waals surface area (Å²) < 4.78 is 0. The van der Waals surface area contributed by atoms with Crippen molar-refractivity contribution in [1.29, 1.82) is 5.41 Å². The summed E-state index contributed by atoms with van der Waals surface area (Å²) in [6.45, 7) is 1.89. The van der Waals surface area contributed by atoms with Gasteiger partial charge in [-0.1, -0.05) is 6.07 Å². The number of pyridine rings is 1. The van der Waals surface area contributed by atoms with Crippen molar-refractivity contribution in [3.63, 3.8) is 0 Å². The summed E-state index contributed by atoms with van der Waals surface area (Å²) in [6.07, 6.45) is 3.03. The van der Waals surface area contributed by atoms with Crippen LogP contribution >= 0.6 is 0 Å². The largest absolute Gasteiger partial charge is 0.412 e. The highest BCUT2D eigenvalue weighted by Gasteiger charge is 1.89. The molecule has 3 nitrogen and oxygen atoms in total. The zero-order chi connectivity index (χ0) is 6.69. The van der Waals surface area contributed by atoms with Crippen molar-refractivity contribution < 1.29 is 5.48 Å². The van der Waals surface area contributed by atoms with Gasteiger partial charge in [-0.3, -0.25) is 4.98 Å². The van der Waals surface area contributed by atoms with Crippen LogP contribution in [-0.2, 0) is 0 Å². The predicted molar refractivity (Wildman–Crippen MR) is 40.5 cm³/mol. The van der Waals surface area contributed by atoms with E-state index in [-0.39, 0.29) is 5.48 Å². The summed E-state index contributed by atoms with van der Waals surface area (Å²) in [4.78, 5) is 4.00. The molecule has 3 N–H and O–H groups in total. The number of nitrogens with one attached hydrogen (secondary N) is 1. The van der Waals surface area contributed by atoms with Crippen molar-refractivity contribution in [2.75, 3.05) is 0 Å². The molecule has 1 heterocycles. The van der Waals surface area contributed by atoms with Crippen LogP contribution in [0.15, 0.2) is 18.3 Å². The minimum atomic E-state index is 0. The van der Waals surface area contributed by atoms with Crippen LogP contribution in [0.25, 0.3) is 0 Å². The SMILES string of the molecule is Cc1ncccc1C=N.O. The van der Waals surface area contributed by atoms with Gasteiger partial charge in [0, 0.05) is 23.7 Å². The average Bonchev–Trinajstić information content (AvgIpc) is 1.89. The highest BCUT2D eigenvalue weighted by Crippen LogP contribution is 1.97. The van der Waals surface area contributed by atoms with Gasteiger partial charge in [-0.25, -0.2) is 0 Å². The molecule has 3 heteroatoms. The first-order chi connectivity index (χ1) is 4.34. The lowest BCUT2D eigenvalue weighted by Gasteiger charge is -1.93. The molecule has 0 saturated carbocycles. The van der Waals surface area contributed by atoms with Gasteiger partial charge in [0.15, 0.2) is 0 Å². The van der Waals surface area contributed by atoms with Gasteiger partial charge in [-0.05, 0) is 13.0 Å². The third-order valence-corrected chi connectivity index (χ3v) is 1.20. The Morgan fingerprint density at radius 2 is 2.30 bits per heavy atom. The lowest BCUT2D eigenvalue weighted by Crippen LogP contribution is -1.87. The second kappa shape index (κ2) is 3.74. The first-order valence-electron chi connectivity index (χ1n) is 2.76. The number of hydrogen-bond acceptors (Lipinski definition) is 2. The first kappa shape index (κ1) is 8.78. The number of hydrogen-bond donors (Lipinski definition) is 1. The maximum absolute atomic E-state index is 6.92. The van der Waals surface area contributed by atoms with Crippen LogP contribution in [0.1, 0.15) is 11.3 Å². The third kappa shape index (κ3) is 1.63. The Balaban J connectivity index is 0.000000810. The molecule has 0 radical (unpaired) electrons. The van der Waals surface area contributed by atoms with Crippen molar-refractivity contribution in [3.05, 3.63) is 29.6 Å². The summed E-state index contributed by atoms with van der Waals surface area (Å²) in [5, 5.41) is 6.92. The fourth-order valence-corrected chi connectivity index (χ4v) is 0.649. The molecule has 10 heavy (non-hydrogen) atoms. The van der Waals surface area contributed by atoms with E-state index in [1.54, 1.807) is 6.20 Å². The molecule has 0 aliphatic rings. The van der Waals surface area contributed by atoms with Crippen LogP contribution in [-0.4, -0.2) is 16.7 Å². The monoisotopic (exact) mass is 138 g/mol. The second-order valence-electron chi connectivity index (χ2n) is 1.82. The summed E-state index contributed by atoms with van der Waals surface area (Å²) in [5.74, 6) is 0. The standard InChI is InChI=1S/C7H8N2.H2O/c1-6-7(5-8)3-2-4-9-6;/h2-5,8H,1H3;1H2. The fraction of sp³-hybridized carbons (Fsp3) is 0.143. The Hall–Kier alpha value is -1.22. The molecule has 1 rings (SSSR count). The molecule has 0 atom stereocenters. The van der Waals surface area contributed by atoms with Gasteiger partial charge in [0.1, 0.15) is 0 Å². The maximum atomic E-state index is 6.92. The molecule has 0 bridgehead atoms. The molecule has 0 unspecified atom stereocenters. The van der Waals surface area contributed by atoms with E-state index in [0.29, 0.717) is 0 Å². The van der Waals surface area contributed by atoms with Crippen molar-refractivity contribution in [3.8, 4) is 0 Å². The quantitative estimate of drug-likeness (QED) is 0.566. The van der Waals surface area contributed by atoms with Crippen LogP contribution in [0.3, 0.4) is 0 Å². The van der Waals surface area contributed by atoms with Crippen molar-refractivity contribution in [2.24, 2.45) is 0 Å². The Bertz CT molecular complexity index is 223. The van der Waals surface area contributed by atoms with Crippen molar-refractivity contribution >= 4 is 6.21 Å². The van der Waals surface area contributed by atoms with E-state index in [4.69, 9.17) is 5.41 Å². The normalized spacial score (nSPS) is 8.10. The van der Waals surface area contributed by atoms with E-state index in [9.17, 15) is 0 Å². The van der Waals surface area contributed by atoms with E-state index >= 15 is 0 Å². The Morgan fingerprint density at radius 1 is 1.60 bits per heavy atom. The summed E-state index contributed by atoms with van der Waals surface area (Å²) in [7, 11) is 0. The minimum absolute atomic E-state index is 0. The molecule has 0 fully saturated rings. The molecular weight excluding hydrogens is 128 g/mol. The topological polar surface area (TPSA) is 68.2 Å². The lowest BCUT2D eigenvalue weighted by atomic mass is 10.2. The summed E-state index contributed by atoms with van der Waals surface area (Å²) >= 11 is 0. The van der Waals surface area contributed by atoms with Crippen LogP contribution in [0, 0.1) is 12.3 Å². The van der Waals surface area contributed by atoms with Crippen molar-refractivity contribution in [1.82, 2.24) is 4.98 Å². The molecule has 0 aliphatic carbocycles. The summed E-state index contributed by atoms with van der Waals surface area (Å²) in [5.41, 5.74) is 1.80. The van der Waals surface area contributed by atoms with Crippen LogP contribution in [0.2, 0.25) is 0 Å². The molecule has 0 saturated heterocycles. The number of rotatable bonds is 1. The van der Waals surface area contributed by atoms with E-state index < -0.39 is 0 Å². The van der Waals surface area contributed by atoms with E-state index in [1.165, 1.54) is 6.21 Å². The fourth-order valence-electron chi connectivity index (χ4n) is 0.649. The van der Waals surface area contributed by atoms with Gasteiger partial charge < -0.3 is 10.9 Å². The number of aryl methyl sites for hydroxylation is 1. The Kier molecular flexibility index (Phi) is 3.28. The predicted octanol–water partition coefficient (Wildman–Crippen LogP) is 0.563. The van der Waals surface area contributed by atoms with Gasteiger partial charge in [-0.2, -0.15) is 0 Å². The number of aromatic nitrogens is 1. The molecule has 54 valence electrons. The van der Waals surface area contributed by atoms with Gasteiger partial charge in [0.05, 0.1) is 0 Å². The number of nitrogens with zero attached hydrogens (tertiary/aromatic N) is 1. The molecule has 0 spiro atoms. The Labute approximate surface area is 59.5 Å². The van der Waals surface area contributed by atoms with E-state index in [0.717, 1.165) is 11.3 Å². The second-order valence-corrected chi connectivity index (χ2v) is 1.82. The highest BCUT2D eigenvalue weighted by molar-refractivity contribution is 5.77. The zero-order valence-corrected chi connectivity index (χ0v) is 5.76. The zero-order valence-electron chi connectivity index (χ0n) is 5.76. The smallest absolute Gasteiger partial charge is 0.0460 e. The average molecular weight is 138 g/mol.